The zero-order chi connectivity index (χ0) is 14.4. The zero-order valence-corrected chi connectivity index (χ0v) is 12.5. The molecule has 0 atom stereocenters. The molecule has 112 valence electrons. The maximum absolute atomic E-state index is 11.7. The quantitative estimate of drug-likeness (QED) is 0.861. The van der Waals surface area contributed by atoms with Crippen LogP contribution in [0.3, 0.4) is 0 Å². The molecule has 2 rings (SSSR count). The SMILES string of the molecule is CCCS(=O)(=O)NC1CCC(Oc2ncccn2)CC1. The van der Waals surface area contributed by atoms with Crippen LogP contribution in [0.5, 0.6) is 6.01 Å². The predicted molar refractivity (Wildman–Crippen MR) is 75.9 cm³/mol. The van der Waals surface area contributed by atoms with Gasteiger partial charge in [0.25, 0.3) is 0 Å². The molecule has 0 unspecified atom stereocenters. The highest BCUT2D eigenvalue weighted by molar-refractivity contribution is 7.89. The Morgan fingerprint density at radius 1 is 1.25 bits per heavy atom. The van der Waals surface area contributed by atoms with E-state index in [4.69, 9.17) is 4.74 Å². The summed E-state index contributed by atoms with van der Waals surface area (Å²) in [4.78, 5) is 8.06. The second kappa shape index (κ2) is 6.99. The predicted octanol–water partition coefficient (Wildman–Crippen LogP) is 1.50. The normalized spacial score (nSPS) is 23.4. The third-order valence-electron chi connectivity index (χ3n) is 3.31. The number of sulfonamides is 1. The number of nitrogens with one attached hydrogen (secondary N) is 1. The van der Waals surface area contributed by atoms with Crippen molar-refractivity contribution in [3.05, 3.63) is 18.5 Å². The third kappa shape index (κ3) is 4.72. The summed E-state index contributed by atoms with van der Waals surface area (Å²) in [6, 6.07) is 2.16. The highest BCUT2D eigenvalue weighted by Crippen LogP contribution is 2.22. The Bertz CT molecular complexity index is 499. The average Bonchev–Trinajstić information content (AvgIpc) is 2.42. The lowest BCUT2D eigenvalue weighted by Gasteiger charge is -2.28. The summed E-state index contributed by atoms with van der Waals surface area (Å²) in [5.41, 5.74) is 0. The molecule has 1 heterocycles. The molecule has 1 aliphatic rings. The van der Waals surface area contributed by atoms with Crippen molar-refractivity contribution in [2.75, 3.05) is 5.75 Å². The minimum atomic E-state index is -3.12. The van der Waals surface area contributed by atoms with Gasteiger partial charge in [0.2, 0.25) is 10.0 Å². The Kier molecular flexibility index (Phi) is 5.31. The van der Waals surface area contributed by atoms with Gasteiger partial charge in [-0.25, -0.2) is 23.1 Å². The van der Waals surface area contributed by atoms with E-state index in [1.807, 2.05) is 6.92 Å². The smallest absolute Gasteiger partial charge is 0.316 e. The van der Waals surface area contributed by atoms with E-state index < -0.39 is 10.0 Å². The Morgan fingerprint density at radius 3 is 2.50 bits per heavy atom. The number of rotatable bonds is 6. The molecule has 0 amide bonds. The van der Waals surface area contributed by atoms with Crippen LogP contribution >= 0.6 is 0 Å². The van der Waals surface area contributed by atoms with Gasteiger partial charge < -0.3 is 4.74 Å². The molecule has 0 saturated heterocycles. The molecule has 7 heteroatoms. The monoisotopic (exact) mass is 299 g/mol. The first kappa shape index (κ1) is 15.2. The van der Waals surface area contributed by atoms with Crippen molar-refractivity contribution in [3.63, 3.8) is 0 Å². The van der Waals surface area contributed by atoms with Gasteiger partial charge in [-0.3, -0.25) is 0 Å². The van der Waals surface area contributed by atoms with E-state index in [1.54, 1.807) is 18.5 Å². The lowest BCUT2D eigenvalue weighted by Crippen LogP contribution is -2.40. The number of ether oxygens (including phenoxy) is 1. The van der Waals surface area contributed by atoms with E-state index in [0.29, 0.717) is 12.4 Å². The largest absolute Gasteiger partial charge is 0.460 e. The summed E-state index contributed by atoms with van der Waals surface area (Å²) in [7, 11) is -3.12. The van der Waals surface area contributed by atoms with Crippen molar-refractivity contribution in [1.29, 1.82) is 0 Å². The highest BCUT2D eigenvalue weighted by atomic mass is 32.2. The fourth-order valence-corrected chi connectivity index (χ4v) is 3.77. The fraction of sp³-hybridized carbons (Fsp3) is 0.692. The van der Waals surface area contributed by atoms with E-state index in [1.165, 1.54) is 0 Å². The number of hydrogen-bond acceptors (Lipinski definition) is 5. The van der Waals surface area contributed by atoms with E-state index in [-0.39, 0.29) is 17.9 Å². The molecule has 0 aromatic carbocycles. The molecule has 1 saturated carbocycles. The maximum Gasteiger partial charge on any atom is 0.316 e. The highest BCUT2D eigenvalue weighted by Gasteiger charge is 2.25. The minimum Gasteiger partial charge on any atom is -0.460 e. The van der Waals surface area contributed by atoms with Gasteiger partial charge in [0.1, 0.15) is 6.10 Å². The molecule has 0 aliphatic heterocycles. The summed E-state index contributed by atoms with van der Waals surface area (Å²) >= 11 is 0. The van der Waals surface area contributed by atoms with Gasteiger partial charge in [0.05, 0.1) is 5.75 Å². The Labute approximate surface area is 120 Å². The van der Waals surface area contributed by atoms with Crippen LogP contribution in [-0.4, -0.2) is 36.3 Å². The minimum absolute atomic E-state index is 0.0306. The molecule has 1 fully saturated rings. The summed E-state index contributed by atoms with van der Waals surface area (Å²) in [6.45, 7) is 1.86. The lowest BCUT2D eigenvalue weighted by molar-refractivity contribution is 0.132. The molecule has 1 aromatic heterocycles. The summed E-state index contributed by atoms with van der Waals surface area (Å²) in [5, 5.41) is 0. The zero-order valence-electron chi connectivity index (χ0n) is 11.7. The number of aromatic nitrogens is 2. The standard InChI is InChI=1S/C13H21N3O3S/c1-2-10-20(17,18)16-11-4-6-12(7-5-11)19-13-14-8-3-9-15-13/h3,8-9,11-12,16H,2,4-7,10H2,1H3. The van der Waals surface area contributed by atoms with E-state index in [0.717, 1.165) is 25.7 Å². The Balaban J connectivity index is 1.78. The first-order chi connectivity index (χ1) is 9.59. The molecule has 1 aromatic rings. The fourth-order valence-electron chi connectivity index (χ4n) is 2.38. The molecular formula is C13H21N3O3S. The Morgan fingerprint density at radius 2 is 1.90 bits per heavy atom. The van der Waals surface area contributed by atoms with E-state index in [2.05, 4.69) is 14.7 Å². The van der Waals surface area contributed by atoms with Crippen molar-refractivity contribution in [2.45, 2.75) is 51.2 Å². The van der Waals surface area contributed by atoms with Crippen molar-refractivity contribution >= 4 is 10.0 Å². The molecule has 1 N–H and O–H groups in total. The van der Waals surface area contributed by atoms with Crippen LogP contribution in [0.15, 0.2) is 18.5 Å². The van der Waals surface area contributed by atoms with Crippen LogP contribution in [-0.2, 0) is 10.0 Å². The third-order valence-corrected chi connectivity index (χ3v) is 4.95. The van der Waals surface area contributed by atoms with Crippen LogP contribution < -0.4 is 9.46 Å². The molecule has 6 nitrogen and oxygen atoms in total. The molecular weight excluding hydrogens is 278 g/mol. The van der Waals surface area contributed by atoms with Crippen LogP contribution in [0.4, 0.5) is 0 Å². The van der Waals surface area contributed by atoms with Gasteiger partial charge in [-0.05, 0) is 38.2 Å². The van der Waals surface area contributed by atoms with Crippen molar-refractivity contribution in [3.8, 4) is 6.01 Å². The van der Waals surface area contributed by atoms with E-state index >= 15 is 0 Å². The topological polar surface area (TPSA) is 81.2 Å². The van der Waals surface area contributed by atoms with E-state index in [9.17, 15) is 8.42 Å². The van der Waals surface area contributed by atoms with Gasteiger partial charge >= 0.3 is 6.01 Å². The molecule has 0 radical (unpaired) electrons. The summed E-state index contributed by atoms with van der Waals surface area (Å²) in [5.74, 6) is 0.196. The van der Waals surface area contributed by atoms with Crippen LogP contribution in [0.2, 0.25) is 0 Å². The second-order valence-corrected chi connectivity index (χ2v) is 6.93. The first-order valence-corrected chi connectivity index (χ1v) is 8.68. The van der Waals surface area contributed by atoms with Gasteiger partial charge in [-0.2, -0.15) is 0 Å². The lowest BCUT2D eigenvalue weighted by atomic mass is 9.94. The molecule has 0 spiro atoms. The van der Waals surface area contributed by atoms with Crippen molar-refractivity contribution in [2.24, 2.45) is 0 Å². The van der Waals surface area contributed by atoms with Gasteiger partial charge in [-0.1, -0.05) is 6.92 Å². The Hall–Kier alpha value is -1.21. The van der Waals surface area contributed by atoms with Gasteiger partial charge in [-0.15, -0.1) is 0 Å². The molecule has 0 bridgehead atoms. The van der Waals surface area contributed by atoms with Crippen LogP contribution in [0, 0.1) is 0 Å². The van der Waals surface area contributed by atoms with Crippen LogP contribution in [0.25, 0.3) is 0 Å². The van der Waals surface area contributed by atoms with Crippen molar-refractivity contribution in [1.82, 2.24) is 14.7 Å². The van der Waals surface area contributed by atoms with Crippen LogP contribution in [0.1, 0.15) is 39.0 Å². The molecule has 1 aliphatic carbocycles. The van der Waals surface area contributed by atoms with Crippen molar-refractivity contribution < 1.29 is 13.2 Å². The van der Waals surface area contributed by atoms with Gasteiger partial charge in [0, 0.05) is 18.4 Å². The maximum atomic E-state index is 11.7. The first-order valence-electron chi connectivity index (χ1n) is 7.03. The molecule has 20 heavy (non-hydrogen) atoms. The average molecular weight is 299 g/mol. The summed E-state index contributed by atoms with van der Waals surface area (Å²) in [6.07, 6.45) is 7.22. The second-order valence-electron chi connectivity index (χ2n) is 5.06. The number of nitrogens with zero attached hydrogens (tertiary/aromatic N) is 2. The number of hydrogen-bond donors (Lipinski definition) is 1. The summed E-state index contributed by atoms with van der Waals surface area (Å²) < 4.78 is 31.9. The van der Waals surface area contributed by atoms with Gasteiger partial charge in [0.15, 0.2) is 0 Å².